The third-order valence-electron chi connectivity index (χ3n) is 5.45. The van der Waals surface area contributed by atoms with Gasteiger partial charge in [-0.25, -0.2) is 0 Å². The summed E-state index contributed by atoms with van der Waals surface area (Å²) in [4.78, 5) is 29.5. The van der Waals surface area contributed by atoms with E-state index < -0.39 is 5.41 Å². The van der Waals surface area contributed by atoms with Crippen molar-refractivity contribution in [3.63, 3.8) is 0 Å². The van der Waals surface area contributed by atoms with Crippen molar-refractivity contribution in [1.82, 2.24) is 9.80 Å². The normalized spacial score (nSPS) is 27.6. The standard InChI is InChI=1S/C21H38N2O4/c1-15-12-22(10-11-26-15)19(25)21(6,7)9-8-17-14-23(13-16(2)27-17)18(24)20(3,4)5/h15-17H,8-14H2,1-7H3. The predicted molar refractivity (Wildman–Crippen MR) is 105 cm³/mol. The summed E-state index contributed by atoms with van der Waals surface area (Å²) in [5.41, 5.74) is -0.830. The summed E-state index contributed by atoms with van der Waals surface area (Å²) in [7, 11) is 0. The van der Waals surface area contributed by atoms with Crippen LogP contribution in [0.25, 0.3) is 0 Å². The number of hydrogen-bond acceptors (Lipinski definition) is 4. The topological polar surface area (TPSA) is 59.1 Å². The van der Waals surface area contributed by atoms with Gasteiger partial charge in [0, 0.05) is 37.0 Å². The molecule has 0 aliphatic carbocycles. The van der Waals surface area contributed by atoms with Gasteiger partial charge in [0.1, 0.15) is 0 Å². The van der Waals surface area contributed by atoms with Crippen LogP contribution in [-0.4, -0.2) is 72.7 Å². The molecule has 3 unspecified atom stereocenters. The molecular weight excluding hydrogens is 344 g/mol. The molecule has 2 fully saturated rings. The van der Waals surface area contributed by atoms with Crippen LogP contribution in [0.15, 0.2) is 0 Å². The number of carbonyl (C=O) groups is 2. The van der Waals surface area contributed by atoms with E-state index in [4.69, 9.17) is 9.47 Å². The number of hydrogen-bond donors (Lipinski definition) is 0. The lowest BCUT2D eigenvalue weighted by Gasteiger charge is -2.41. The molecule has 6 heteroatoms. The highest BCUT2D eigenvalue weighted by Crippen LogP contribution is 2.30. The highest BCUT2D eigenvalue weighted by atomic mass is 16.5. The largest absolute Gasteiger partial charge is 0.375 e. The Labute approximate surface area is 164 Å². The van der Waals surface area contributed by atoms with Gasteiger partial charge in [-0.2, -0.15) is 0 Å². The zero-order valence-corrected chi connectivity index (χ0v) is 18.2. The lowest BCUT2D eigenvalue weighted by molar-refractivity contribution is -0.155. The minimum absolute atomic E-state index is 0.0178. The van der Waals surface area contributed by atoms with Crippen LogP contribution in [0.3, 0.4) is 0 Å². The van der Waals surface area contributed by atoms with E-state index in [0.29, 0.717) is 32.8 Å². The van der Waals surface area contributed by atoms with Crippen LogP contribution in [0, 0.1) is 10.8 Å². The Morgan fingerprint density at radius 1 is 0.926 bits per heavy atom. The van der Waals surface area contributed by atoms with Crippen molar-refractivity contribution in [3.8, 4) is 0 Å². The number of nitrogens with zero attached hydrogens (tertiary/aromatic N) is 2. The van der Waals surface area contributed by atoms with E-state index in [1.807, 2.05) is 58.3 Å². The predicted octanol–water partition coefficient (Wildman–Crippen LogP) is 2.70. The molecule has 2 rings (SSSR count). The minimum atomic E-state index is -0.444. The first-order valence-corrected chi connectivity index (χ1v) is 10.3. The third kappa shape index (κ3) is 5.92. The zero-order valence-electron chi connectivity index (χ0n) is 18.2. The fourth-order valence-electron chi connectivity index (χ4n) is 3.90. The van der Waals surface area contributed by atoms with E-state index in [1.54, 1.807) is 0 Å². The van der Waals surface area contributed by atoms with Crippen LogP contribution in [0.4, 0.5) is 0 Å². The maximum Gasteiger partial charge on any atom is 0.228 e. The minimum Gasteiger partial charge on any atom is -0.375 e. The number of morpholine rings is 2. The Bertz CT molecular complexity index is 541. The second-order valence-corrected chi connectivity index (χ2v) is 9.88. The van der Waals surface area contributed by atoms with Crippen LogP contribution in [0.2, 0.25) is 0 Å². The maximum absolute atomic E-state index is 13.0. The van der Waals surface area contributed by atoms with Gasteiger partial charge in [-0.1, -0.05) is 34.6 Å². The van der Waals surface area contributed by atoms with Gasteiger partial charge in [0.25, 0.3) is 0 Å². The van der Waals surface area contributed by atoms with Crippen LogP contribution >= 0.6 is 0 Å². The Morgan fingerprint density at radius 3 is 2.15 bits per heavy atom. The molecule has 2 aliphatic rings. The SMILES string of the molecule is CC1CN(C(=O)C(C)(C)CCC2CN(C(=O)C(C)(C)C)CC(C)O2)CCO1. The fourth-order valence-corrected chi connectivity index (χ4v) is 3.90. The molecule has 0 aromatic carbocycles. The van der Waals surface area contributed by atoms with Crippen molar-refractivity contribution < 1.29 is 19.1 Å². The van der Waals surface area contributed by atoms with Crippen LogP contribution in [0.5, 0.6) is 0 Å². The molecular formula is C21H38N2O4. The number of rotatable bonds is 4. The molecule has 2 heterocycles. The molecule has 27 heavy (non-hydrogen) atoms. The molecule has 0 aromatic heterocycles. The van der Waals surface area contributed by atoms with Gasteiger partial charge in [-0.3, -0.25) is 9.59 Å². The quantitative estimate of drug-likeness (QED) is 0.750. The zero-order chi connectivity index (χ0) is 20.4. The monoisotopic (exact) mass is 382 g/mol. The van der Waals surface area contributed by atoms with Crippen molar-refractivity contribution in [2.24, 2.45) is 10.8 Å². The summed E-state index contributed by atoms with van der Waals surface area (Å²) < 4.78 is 11.6. The van der Waals surface area contributed by atoms with Gasteiger partial charge in [-0.05, 0) is 26.7 Å². The van der Waals surface area contributed by atoms with E-state index in [1.165, 1.54) is 0 Å². The number of carbonyl (C=O) groups excluding carboxylic acids is 2. The van der Waals surface area contributed by atoms with E-state index in [0.717, 1.165) is 12.8 Å². The van der Waals surface area contributed by atoms with E-state index in [2.05, 4.69) is 0 Å². The van der Waals surface area contributed by atoms with Crippen LogP contribution in [0.1, 0.15) is 61.3 Å². The first-order chi connectivity index (χ1) is 12.4. The maximum atomic E-state index is 13.0. The third-order valence-corrected chi connectivity index (χ3v) is 5.45. The summed E-state index contributed by atoms with van der Waals surface area (Å²) in [6.07, 6.45) is 1.62. The molecule has 0 saturated carbocycles. The van der Waals surface area contributed by atoms with Crippen molar-refractivity contribution in [2.45, 2.75) is 79.6 Å². The summed E-state index contributed by atoms with van der Waals surface area (Å²) in [5, 5.41) is 0. The molecule has 0 radical (unpaired) electrons. The molecule has 156 valence electrons. The van der Waals surface area contributed by atoms with Crippen molar-refractivity contribution >= 4 is 11.8 Å². The van der Waals surface area contributed by atoms with Crippen molar-refractivity contribution in [2.75, 3.05) is 32.8 Å². The summed E-state index contributed by atoms with van der Waals surface area (Å²) in [6.45, 7) is 17.1. The molecule has 0 spiro atoms. The Balaban J connectivity index is 1.93. The Morgan fingerprint density at radius 2 is 1.56 bits per heavy atom. The summed E-state index contributed by atoms with van der Waals surface area (Å²) in [5.74, 6) is 0.351. The molecule has 0 N–H and O–H groups in total. The summed E-state index contributed by atoms with van der Waals surface area (Å²) in [6, 6.07) is 0. The molecule has 2 amide bonds. The van der Waals surface area contributed by atoms with Gasteiger partial charge in [0.15, 0.2) is 0 Å². The molecule has 0 aromatic rings. The van der Waals surface area contributed by atoms with Gasteiger partial charge in [-0.15, -0.1) is 0 Å². The van der Waals surface area contributed by atoms with Gasteiger partial charge >= 0.3 is 0 Å². The first-order valence-electron chi connectivity index (χ1n) is 10.3. The average molecular weight is 383 g/mol. The smallest absolute Gasteiger partial charge is 0.228 e. The van der Waals surface area contributed by atoms with Gasteiger partial charge in [0.05, 0.1) is 24.9 Å². The Hall–Kier alpha value is -1.14. The lowest BCUT2D eigenvalue weighted by atomic mass is 9.84. The van der Waals surface area contributed by atoms with E-state index >= 15 is 0 Å². The lowest BCUT2D eigenvalue weighted by Crippen LogP contribution is -2.53. The number of amides is 2. The summed E-state index contributed by atoms with van der Waals surface area (Å²) >= 11 is 0. The Kier molecular flexibility index (Phi) is 6.96. The highest BCUT2D eigenvalue weighted by Gasteiger charge is 2.37. The van der Waals surface area contributed by atoms with Crippen LogP contribution in [-0.2, 0) is 19.1 Å². The van der Waals surface area contributed by atoms with Crippen molar-refractivity contribution in [1.29, 1.82) is 0 Å². The van der Waals surface area contributed by atoms with Crippen molar-refractivity contribution in [3.05, 3.63) is 0 Å². The molecule has 2 aliphatic heterocycles. The molecule has 0 bridgehead atoms. The second-order valence-electron chi connectivity index (χ2n) is 9.88. The van der Waals surface area contributed by atoms with Gasteiger partial charge in [0.2, 0.25) is 11.8 Å². The highest BCUT2D eigenvalue weighted by molar-refractivity contribution is 5.82. The molecule has 2 saturated heterocycles. The molecule has 6 nitrogen and oxygen atoms in total. The fraction of sp³-hybridized carbons (Fsp3) is 0.905. The number of ether oxygens (including phenoxy) is 2. The van der Waals surface area contributed by atoms with E-state index in [9.17, 15) is 9.59 Å². The van der Waals surface area contributed by atoms with Crippen LogP contribution < -0.4 is 0 Å². The van der Waals surface area contributed by atoms with E-state index in [-0.39, 0.29) is 35.5 Å². The second kappa shape index (κ2) is 8.48. The molecule has 3 atom stereocenters. The average Bonchev–Trinajstić information content (AvgIpc) is 2.57. The van der Waals surface area contributed by atoms with Gasteiger partial charge < -0.3 is 19.3 Å². The first kappa shape index (κ1) is 22.2.